The third-order valence-electron chi connectivity index (χ3n) is 5.99. The number of fused-ring (bicyclic) bond motifs is 1. The largest absolute Gasteiger partial charge is 0.435 e. The molecule has 1 amide bonds. The number of likely N-dealkylation sites (tertiary alicyclic amines) is 1. The molecule has 204 valence electrons. The average Bonchev–Trinajstić information content (AvgIpc) is 3.67. The summed E-state index contributed by atoms with van der Waals surface area (Å²) in [6.45, 7) is 1.67. The molecule has 1 aliphatic heterocycles. The predicted octanol–water partition coefficient (Wildman–Crippen LogP) is 4.85. The van der Waals surface area contributed by atoms with E-state index in [9.17, 15) is 18.0 Å². The van der Waals surface area contributed by atoms with Gasteiger partial charge in [0.25, 0.3) is 5.91 Å². The molecule has 0 unspecified atom stereocenters. The fourth-order valence-electron chi connectivity index (χ4n) is 4.16. The van der Waals surface area contributed by atoms with Crippen molar-refractivity contribution < 1.29 is 31.7 Å². The van der Waals surface area contributed by atoms with Crippen molar-refractivity contribution in [3.8, 4) is 5.69 Å². The van der Waals surface area contributed by atoms with Gasteiger partial charge in [0.05, 0.1) is 18.2 Å². The van der Waals surface area contributed by atoms with Crippen LogP contribution in [0.3, 0.4) is 0 Å². The number of carbonyl (C=O) groups is 1. The van der Waals surface area contributed by atoms with Crippen LogP contribution in [0.5, 0.6) is 0 Å². The van der Waals surface area contributed by atoms with Crippen LogP contribution >= 0.6 is 12.2 Å². The molecule has 1 saturated heterocycles. The zero-order valence-corrected chi connectivity index (χ0v) is 21.3. The summed E-state index contributed by atoms with van der Waals surface area (Å²) in [5.41, 5.74) is 5.89. The van der Waals surface area contributed by atoms with Gasteiger partial charge in [0.2, 0.25) is 0 Å². The zero-order valence-electron chi connectivity index (χ0n) is 20.4. The van der Waals surface area contributed by atoms with Gasteiger partial charge in [-0.05, 0) is 55.3 Å². The molecule has 2 aromatic carbocycles. The molecule has 0 bridgehead atoms. The average molecular weight is 562 g/mol. The molecule has 4 aromatic rings. The van der Waals surface area contributed by atoms with Crippen LogP contribution in [0.15, 0.2) is 57.5 Å². The predicted molar refractivity (Wildman–Crippen MR) is 138 cm³/mol. The van der Waals surface area contributed by atoms with Crippen molar-refractivity contribution >= 4 is 46.4 Å². The summed E-state index contributed by atoms with van der Waals surface area (Å²) in [6, 6.07) is 11.9. The molecule has 0 atom stereocenters. The smallest absolute Gasteiger partial charge is 0.380 e. The lowest BCUT2D eigenvalue weighted by atomic mass is 10.1. The van der Waals surface area contributed by atoms with E-state index < -0.39 is 17.8 Å². The Labute approximate surface area is 224 Å². The van der Waals surface area contributed by atoms with E-state index in [1.165, 1.54) is 25.3 Å². The molecule has 5 rings (SSSR count). The standard InChI is InChI=1S/C24H22F3N7O4S/c1-36-38-39-32-22(33-10-2-3-11-33)14-4-6-15(7-5-14)29-23(35)18-13-20(24(25,26)27)30-34(18)16-8-9-19-17(12-16)21(28)31-37-19/h4-9,12-13H,2-3,10-11H2,1H3,(H2,28,31)(H,29,35)/b32-22+. The van der Waals surface area contributed by atoms with Gasteiger partial charge in [-0.3, -0.25) is 4.79 Å². The monoisotopic (exact) mass is 561 g/mol. The lowest BCUT2D eigenvalue weighted by Crippen LogP contribution is -2.28. The Hall–Kier alpha value is -4.08. The first-order chi connectivity index (χ1) is 18.7. The highest BCUT2D eigenvalue weighted by atomic mass is 32.2. The molecule has 3 N–H and O–H groups in total. The maximum atomic E-state index is 13.5. The second-order valence-electron chi connectivity index (χ2n) is 8.52. The fourth-order valence-corrected chi connectivity index (χ4v) is 4.54. The lowest BCUT2D eigenvalue weighted by molar-refractivity contribution is -0.160. The molecule has 0 radical (unpaired) electrons. The molecule has 0 spiro atoms. The number of nitrogens with one attached hydrogen (secondary N) is 1. The number of benzene rings is 2. The Bertz CT molecular complexity index is 1510. The number of amidine groups is 1. The molecule has 2 aromatic heterocycles. The van der Waals surface area contributed by atoms with E-state index in [1.807, 2.05) is 0 Å². The molecule has 39 heavy (non-hydrogen) atoms. The van der Waals surface area contributed by atoms with Crippen molar-refractivity contribution in [3.05, 3.63) is 65.5 Å². The van der Waals surface area contributed by atoms with Crippen LogP contribution < -0.4 is 11.1 Å². The Morgan fingerprint density at radius 3 is 2.59 bits per heavy atom. The molecule has 1 fully saturated rings. The van der Waals surface area contributed by atoms with Crippen LogP contribution in [0.25, 0.3) is 16.7 Å². The van der Waals surface area contributed by atoms with E-state index >= 15 is 0 Å². The summed E-state index contributed by atoms with van der Waals surface area (Å²) in [5.74, 6) is -0.0458. The molecular weight excluding hydrogens is 539 g/mol. The van der Waals surface area contributed by atoms with Gasteiger partial charge in [-0.1, -0.05) is 5.16 Å². The van der Waals surface area contributed by atoms with Gasteiger partial charge in [0.1, 0.15) is 11.5 Å². The van der Waals surface area contributed by atoms with Crippen molar-refractivity contribution in [2.45, 2.75) is 19.0 Å². The van der Waals surface area contributed by atoms with Crippen LogP contribution in [0.4, 0.5) is 24.7 Å². The molecule has 0 saturated carbocycles. The number of hydrogen-bond acceptors (Lipinski definition) is 9. The Balaban J connectivity index is 1.42. The first-order valence-corrected chi connectivity index (χ1v) is 12.4. The number of halogens is 3. The van der Waals surface area contributed by atoms with Crippen LogP contribution in [0.1, 0.15) is 34.6 Å². The number of nitrogens with two attached hydrogens (primary N) is 1. The van der Waals surface area contributed by atoms with Crippen LogP contribution in [-0.2, 0) is 15.4 Å². The van der Waals surface area contributed by atoms with Crippen molar-refractivity contribution in [2.75, 3.05) is 31.2 Å². The van der Waals surface area contributed by atoms with E-state index in [0.717, 1.165) is 48.4 Å². The maximum absolute atomic E-state index is 13.5. The number of anilines is 2. The minimum atomic E-state index is -4.77. The second kappa shape index (κ2) is 11.0. The number of carbonyl (C=O) groups excluding carboxylic acids is 1. The van der Waals surface area contributed by atoms with Crippen molar-refractivity contribution in [1.29, 1.82) is 0 Å². The molecule has 15 heteroatoms. The molecule has 0 aliphatic carbocycles. The van der Waals surface area contributed by atoms with Gasteiger partial charge in [-0.2, -0.15) is 22.7 Å². The third kappa shape index (κ3) is 5.69. The zero-order chi connectivity index (χ0) is 27.6. The number of alkyl halides is 3. The van der Waals surface area contributed by atoms with Crippen molar-refractivity contribution in [3.63, 3.8) is 0 Å². The quantitative estimate of drug-likeness (QED) is 0.0618. The highest BCUT2D eigenvalue weighted by Crippen LogP contribution is 2.31. The Morgan fingerprint density at radius 2 is 1.90 bits per heavy atom. The highest BCUT2D eigenvalue weighted by Gasteiger charge is 2.36. The SMILES string of the molecule is COOS/N=C(\c1ccc(NC(=O)c2cc(C(F)(F)F)nn2-c2ccc3onc(N)c3c2)cc1)N1CCCC1. The number of rotatable bonds is 7. The van der Waals surface area contributed by atoms with Gasteiger partial charge >= 0.3 is 6.18 Å². The topological polar surface area (TPSA) is 133 Å². The summed E-state index contributed by atoms with van der Waals surface area (Å²) in [6.07, 6.45) is -2.70. The second-order valence-corrected chi connectivity index (χ2v) is 8.99. The minimum absolute atomic E-state index is 0.0603. The normalized spacial score (nSPS) is 14.4. The minimum Gasteiger partial charge on any atom is -0.380 e. The molecule has 1 aliphatic rings. The van der Waals surface area contributed by atoms with Gasteiger partial charge in [-0.25, -0.2) is 9.57 Å². The van der Waals surface area contributed by atoms with E-state index in [-0.39, 0.29) is 17.2 Å². The molecule has 3 heterocycles. The fraction of sp³-hybridized carbons (Fsp3) is 0.250. The number of nitrogens with zero attached hydrogens (tertiary/aromatic N) is 5. The molecular formula is C24H22F3N7O4S. The summed E-state index contributed by atoms with van der Waals surface area (Å²) in [4.78, 5) is 19.9. The van der Waals surface area contributed by atoms with Crippen LogP contribution in [0, 0.1) is 0 Å². The van der Waals surface area contributed by atoms with E-state index in [2.05, 4.69) is 29.8 Å². The Kier molecular flexibility index (Phi) is 7.45. The van der Waals surface area contributed by atoms with Crippen molar-refractivity contribution in [2.24, 2.45) is 4.40 Å². The van der Waals surface area contributed by atoms with Gasteiger partial charge in [0.15, 0.2) is 29.3 Å². The van der Waals surface area contributed by atoms with Crippen LogP contribution in [-0.4, -0.2) is 51.8 Å². The number of nitrogen functional groups attached to an aromatic ring is 1. The van der Waals surface area contributed by atoms with Gasteiger partial charge in [-0.15, -0.1) is 4.33 Å². The summed E-state index contributed by atoms with van der Waals surface area (Å²) < 4.78 is 55.7. The maximum Gasteiger partial charge on any atom is 0.435 e. The summed E-state index contributed by atoms with van der Waals surface area (Å²) in [5, 5.41) is 10.3. The number of amides is 1. The van der Waals surface area contributed by atoms with E-state index in [4.69, 9.17) is 14.6 Å². The van der Waals surface area contributed by atoms with Crippen LogP contribution in [0.2, 0.25) is 0 Å². The number of hydrogen-bond donors (Lipinski definition) is 2. The van der Waals surface area contributed by atoms with Crippen molar-refractivity contribution in [1.82, 2.24) is 19.8 Å². The van der Waals surface area contributed by atoms with E-state index in [1.54, 1.807) is 24.3 Å². The summed E-state index contributed by atoms with van der Waals surface area (Å²) in [7, 11) is 1.38. The first-order valence-electron chi connectivity index (χ1n) is 11.7. The Morgan fingerprint density at radius 1 is 1.15 bits per heavy atom. The van der Waals surface area contributed by atoms with Gasteiger partial charge < -0.3 is 20.5 Å². The highest BCUT2D eigenvalue weighted by molar-refractivity contribution is 7.93. The van der Waals surface area contributed by atoms with Gasteiger partial charge in [0, 0.05) is 30.4 Å². The lowest BCUT2D eigenvalue weighted by Gasteiger charge is -2.20. The summed E-state index contributed by atoms with van der Waals surface area (Å²) >= 11 is 0.796. The molecule has 11 nitrogen and oxygen atoms in total. The third-order valence-corrected chi connectivity index (χ3v) is 6.43. The van der Waals surface area contributed by atoms with E-state index in [0.29, 0.717) is 28.6 Å². The first kappa shape index (κ1) is 26.5. The number of aromatic nitrogens is 3.